The lowest BCUT2D eigenvalue weighted by Crippen LogP contribution is -2.29. The number of nitrogens with one attached hydrogen (secondary N) is 1. The van der Waals surface area contributed by atoms with Crippen molar-refractivity contribution in [2.75, 3.05) is 6.54 Å². The predicted molar refractivity (Wildman–Crippen MR) is 80.2 cm³/mol. The molecule has 20 heavy (non-hydrogen) atoms. The van der Waals surface area contributed by atoms with Crippen LogP contribution in [0.1, 0.15) is 17.9 Å². The maximum absolute atomic E-state index is 12.0. The van der Waals surface area contributed by atoms with Crippen LogP contribution in [0.4, 0.5) is 0 Å². The topological polar surface area (TPSA) is 46.9 Å². The standard InChI is InChI=1S/C15H16BrN3O/c16-12-9-18-19(10-12)7-6-17-15(20)14-8-13(14)11-4-2-1-3-5-11/h1-5,9-10,13-14H,6-8H2,(H,17,20)/t13-,14+/m0/s1. The van der Waals surface area contributed by atoms with Crippen molar-refractivity contribution in [3.05, 3.63) is 52.8 Å². The first-order chi connectivity index (χ1) is 9.74. The van der Waals surface area contributed by atoms with Gasteiger partial charge in [-0.1, -0.05) is 30.3 Å². The summed E-state index contributed by atoms with van der Waals surface area (Å²) in [6.45, 7) is 1.31. The van der Waals surface area contributed by atoms with E-state index < -0.39 is 0 Å². The summed E-state index contributed by atoms with van der Waals surface area (Å²) in [6, 6.07) is 10.2. The highest BCUT2D eigenvalue weighted by Gasteiger charge is 2.43. The quantitative estimate of drug-likeness (QED) is 0.914. The molecule has 1 N–H and O–H groups in total. The van der Waals surface area contributed by atoms with Crippen molar-refractivity contribution < 1.29 is 4.79 Å². The largest absolute Gasteiger partial charge is 0.354 e. The smallest absolute Gasteiger partial charge is 0.223 e. The molecule has 0 saturated heterocycles. The second-order valence-corrected chi connectivity index (χ2v) is 5.99. The molecule has 4 nitrogen and oxygen atoms in total. The molecule has 0 unspecified atom stereocenters. The van der Waals surface area contributed by atoms with Crippen molar-refractivity contribution >= 4 is 21.8 Å². The Morgan fingerprint density at radius 3 is 2.90 bits per heavy atom. The van der Waals surface area contributed by atoms with Crippen molar-refractivity contribution in [3.8, 4) is 0 Å². The first kappa shape index (κ1) is 13.4. The molecule has 1 aromatic carbocycles. The van der Waals surface area contributed by atoms with Crippen LogP contribution in [0.25, 0.3) is 0 Å². The van der Waals surface area contributed by atoms with Gasteiger partial charge in [0.05, 0.1) is 17.2 Å². The molecule has 3 rings (SSSR count). The third-order valence-corrected chi connectivity index (χ3v) is 4.01. The zero-order chi connectivity index (χ0) is 13.9. The van der Waals surface area contributed by atoms with Crippen LogP contribution < -0.4 is 5.32 Å². The molecule has 0 spiro atoms. The van der Waals surface area contributed by atoms with Crippen molar-refractivity contribution in [1.29, 1.82) is 0 Å². The van der Waals surface area contributed by atoms with Gasteiger partial charge < -0.3 is 5.32 Å². The molecule has 0 radical (unpaired) electrons. The van der Waals surface area contributed by atoms with E-state index in [0.29, 0.717) is 19.0 Å². The van der Waals surface area contributed by atoms with E-state index in [4.69, 9.17) is 0 Å². The van der Waals surface area contributed by atoms with Crippen LogP contribution in [0.5, 0.6) is 0 Å². The second-order valence-electron chi connectivity index (χ2n) is 5.07. The minimum absolute atomic E-state index is 0.141. The lowest BCUT2D eigenvalue weighted by atomic mass is 10.1. The molecular weight excluding hydrogens is 318 g/mol. The molecule has 2 aromatic rings. The minimum Gasteiger partial charge on any atom is -0.354 e. The van der Waals surface area contributed by atoms with Crippen LogP contribution >= 0.6 is 15.9 Å². The summed E-state index contributed by atoms with van der Waals surface area (Å²) in [5, 5.41) is 7.14. The van der Waals surface area contributed by atoms with E-state index in [-0.39, 0.29) is 11.8 Å². The minimum atomic E-state index is 0.141. The van der Waals surface area contributed by atoms with Crippen LogP contribution in [-0.2, 0) is 11.3 Å². The van der Waals surface area contributed by atoms with Crippen LogP contribution in [0.2, 0.25) is 0 Å². The van der Waals surface area contributed by atoms with E-state index in [9.17, 15) is 4.79 Å². The molecule has 1 fully saturated rings. The van der Waals surface area contributed by atoms with Gasteiger partial charge in [0.15, 0.2) is 0 Å². The Bertz CT molecular complexity index is 596. The molecule has 1 aliphatic rings. The van der Waals surface area contributed by atoms with Crippen LogP contribution in [-0.4, -0.2) is 22.2 Å². The van der Waals surface area contributed by atoms with E-state index in [1.807, 2.05) is 29.1 Å². The second kappa shape index (κ2) is 5.79. The Morgan fingerprint density at radius 2 is 2.20 bits per heavy atom. The summed E-state index contributed by atoms with van der Waals surface area (Å²) in [5.41, 5.74) is 1.27. The molecule has 1 aliphatic carbocycles. The Morgan fingerprint density at radius 1 is 1.40 bits per heavy atom. The molecule has 2 atom stereocenters. The third kappa shape index (κ3) is 3.10. The average Bonchev–Trinajstić information content (AvgIpc) is 3.17. The Balaban J connectivity index is 1.45. The van der Waals surface area contributed by atoms with Gasteiger partial charge in [0, 0.05) is 18.7 Å². The number of carbonyl (C=O) groups excluding carboxylic acids is 1. The fraction of sp³-hybridized carbons (Fsp3) is 0.333. The normalized spacial score (nSPS) is 20.6. The zero-order valence-corrected chi connectivity index (χ0v) is 12.6. The van der Waals surface area contributed by atoms with E-state index >= 15 is 0 Å². The van der Waals surface area contributed by atoms with E-state index in [0.717, 1.165) is 10.9 Å². The van der Waals surface area contributed by atoms with Gasteiger partial charge in [0.1, 0.15) is 0 Å². The number of aromatic nitrogens is 2. The highest BCUT2D eigenvalue weighted by Crippen LogP contribution is 2.47. The Hall–Kier alpha value is -1.62. The molecule has 0 aliphatic heterocycles. The number of hydrogen-bond donors (Lipinski definition) is 1. The number of amides is 1. The van der Waals surface area contributed by atoms with Gasteiger partial charge >= 0.3 is 0 Å². The summed E-state index contributed by atoms with van der Waals surface area (Å²) in [5.74, 6) is 0.696. The molecule has 5 heteroatoms. The maximum Gasteiger partial charge on any atom is 0.223 e. The summed E-state index contributed by atoms with van der Waals surface area (Å²) in [7, 11) is 0. The van der Waals surface area contributed by atoms with Gasteiger partial charge in [-0.2, -0.15) is 5.10 Å². The number of nitrogens with zero attached hydrogens (tertiary/aromatic N) is 2. The van der Waals surface area contributed by atoms with Gasteiger partial charge in [0.25, 0.3) is 0 Å². The number of carbonyl (C=O) groups is 1. The van der Waals surface area contributed by atoms with Gasteiger partial charge in [0.2, 0.25) is 5.91 Å². The molecular formula is C15H16BrN3O. The van der Waals surface area contributed by atoms with Crippen molar-refractivity contribution in [2.45, 2.75) is 18.9 Å². The SMILES string of the molecule is O=C(NCCn1cc(Br)cn1)[C@@H]1C[C@H]1c1ccccc1. The summed E-state index contributed by atoms with van der Waals surface area (Å²) < 4.78 is 2.77. The third-order valence-electron chi connectivity index (χ3n) is 3.60. The van der Waals surface area contributed by atoms with Crippen molar-refractivity contribution in [2.24, 2.45) is 5.92 Å². The van der Waals surface area contributed by atoms with E-state index in [1.54, 1.807) is 6.20 Å². The van der Waals surface area contributed by atoms with E-state index in [1.165, 1.54) is 5.56 Å². The summed E-state index contributed by atoms with van der Waals surface area (Å²) in [4.78, 5) is 12.0. The van der Waals surface area contributed by atoms with Gasteiger partial charge in [-0.05, 0) is 33.8 Å². The lowest BCUT2D eigenvalue weighted by Gasteiger charge is -2.05. The van der Waals surface area contributed by atoms with Crippen molar-refractivity contribution in [1.82, 2.24) is 15.1 Å². The fourth-order valence-corrected chi connectivity index (χ4v) is 2.77. The molecule has 0 bridgehead atoms. The predicted octanol–water partition coefficient (Wildman–Crippen LogP) is 2.57. The van der Waals surface area contributed by atoms with Crippen molar-refractivity contribution in [3.63, 3.8) is 0 Å². The molecule has 1 saturated carbocycles. The van der Waals surface area contributed by atoms with Crippen LogP contribution in [0.3, 0.4) is 0 Å². The maximum atomic E-state index is 12.0. The van der Waals surface area contributed by atoms with Crippen LogP contribution in [0.15, 0.2) is 47.2 Å². The summed E-state index contributed by atoms with van der Waals surface area (Å²) in [6.07, 6.45) is 4.60. The zero-order valence-electron chi connectivity index (χ0n) is 11.0. The number of hydrogen-bond acceptors (Lipinski definition) is 2. The van der Waals surface area contributed by atoms with Gasteiger partial charge in [-0.25, -0.2) is 0 Å². The van der Waals surface area contributed by atoms with Gasteiger partial charge in [-0.3, -0.25) is 9.48 Å². The molecule has 1 aromatic heterocycles. The Labute approximate surface area is 126 Å². The number of rotatable bonds is 5. The highest BCUT2D eigenvalue weighted by atomic mass is 79.9. The molecule has 104 valence electrons. The van der Waals surface area contributed by atoms with Crippen LogP contribution in [0, 0.1) is 5.92 Å². The Kier molecular flexibility index (Phi) is 3.87. The monoisotopic (exact) mass is 333 g/mol. The first-order valence-corrected chi connectivity index (χ1v) is 7.54. The number of benzene rings is 1. The first-order valence-electron chi connectivity index (χ1n) is 6.74. The fourth-order valence-electron chi connectivity index (χ4n) is 2.44. The lowest BCUT2D eigenvalue weighted by molar-refractivity contribution is -0.122. The molecule has 1 heterocycles. The average molecular weight is 334 g/mol. The molecule has 1 amide bonds. The summed E-state index contributed by atoms with van der Waals surface area (Å²) >= 11 is 3.35. The van der Waals surface area contributed by atoms with E-state index in [2.05, 4.69) is 38.5 Å². The highest BCUT2D eigenvalue weighted by molar-refractivity contribution is 9.10. The number of halogens is 1. The van der Waals surface area contributed by atoms with Gasteiger partial charge in [-0.15, -0.1) is 0 Å².